The fraction of sp³-hybridized carbons (Fsp3) is 0.583. The van der Waals surface area contributed by atoms with E-state index in [1.807, 2.05) is 18.4 Å². The Morgan fingerprint density at radius 2 is 2.16 bits per heavy atom. The zero-order chi connectivity index (χ0) is 13.8. The maximum absolute atomic E-state index is 9.04. The third kappa shape index (κ3) is 2.52. The first-order chi connectivity index (χ1) is 9.29. The number of nitrogens with zero attached hydrogens (tertiary/aromatic N) is 4. The van der Waals surface area contributed by atoms with Gasteiger partial charge in [-0.25, -0.2) is 15.0 Å². The highest BCUT2D eigenvalue weighted by atomic mass is 16.5. The largest absolute Gasteiger partial charge is 0.394 e. The van der Waals surface area contributed by atoms with E-state index in [0.29, 0.717) is 17.0 Å². The van der Waals surface area contributed by atoms with E-state index >= 15 is 0 Å². The fourth-order valence-corrected chi connectivity index (χ4v) is 2.11. The fourth-order valence-electron chi connectivity index (χ4n) is 2.11. The Kier molecular flexibility index (Phi) is 4.28. The Hall–Kier alpha value is -1.73. The number of imidazole rings is 1. The first-order valence-electron chi connectivity index (χ1n) is 6.49. The summed E-state index contributed by atoms with van der Waals surface area (Å²) in [7, 11) is 0. The van der Waals surface area contributed by atoms with E-state index in [2.05, 4.69) is 15.0 Å². The summed E-state index contributed by atoms with van der Waals surface area (Å²) >= 11 is 0. The van der Waals surface area contributed by atoms with Crippen LogP contribution in [0.4, 0.5) is 5.82 Å². The Bertz CT molecular complexity index is 542. The Morgan fingerprint density at radius 3 is 2.84 bits per heavy atom. The molecule has 0 radical (unpaired) electrons. The molecule has 0 amide bonds. The van der Waals surface area contributed by atoms with Crippen molar-refractivity contribution in [1.82, 2.24) is 19.5 Å². The molecule has 7 heteroatoms. The van der Waals surface area contributed by atoms with Crippen LogP contribution >= 0.6 is 0 Å². The molecule has 104 valence electrons. The smallest absolute Gasteiger partial charge is 0.167 e. The highest BCUT2D eigenvalue weighted by molar-refractivity contribution is 5.81. The van der Waals surface area contributed by atoms with Crippen molar-refractivity contribution in [1.29, 1.82) is 0 Å². The van der Waals surface area contributed by atoms with Crippen LogP contribution in [0.15, 0.2) is 12.7 Å². The number of ether oxygens (including phenoxy) is 1. The van der Waals surface area contributed by atoms with Crippen molar-refractivity contribution in [3.8, 4) is 0 Å². The molecule has 0 spiro atoms. The van der Waals surface area contributed by atoms with Crippen LogP contribution in [-0.2, 0) is 4.74 Å². The molecule has 1 aliphatic heterocycles. The molecule has 2 aromatic heterocycles. The van der Waals surface area contributed by atoms with E-state index in [9.17, 15) is 0 Å². The Morgan fingerprint density at radius 1 is 1.37 bits per heavy atom. The molecule has 7 nitrogen and oxygen atoms in total. The van der Waals surface area contributed by atoms with Crippen LogP contribution in [0.5, 0.6) is 0 Å². The molecular formula is C12H19N5O2. The van der Waals surface area contributed by atoms with Gasteiger partial charge in [0.1, 0.15) is 18.1 Å². The highest BCUT2D eigenvalue weighted by Crippen LogP contribution is 2.30. The van der Waals surface area contributed by atoms with Crippen LogP contribution in [0.25, 0.3) is 11.2 Å². The highest BCUT2D eigenvalue weighted by Gasteiger charge is 2.27. The average Bonchev–Trinajstić information content (AvgIpc) is 3.07. The molecule has 3 rings (SSSR count). The number of aliphatic hydroxyl groups is 1. The van der Waals surface area contributed by atoms with Gasteiger partial charge < -0.3 is 15.6 Å². The van der Waals surface area contributed by atoms with Gasteiger partial charge in [0.25, 0.3) is 0 Å². The molecule has 0 bridgehead atoms. The number of hydrogen-bond donors (Lipinski definition) is 2. The van der Waals surface area contributed by atoms with Gasteiger partial charge in [0, 0.05) is 0 Å². The van der Waals surface area contributed by atoms with E-state index in [1.165, 1.54) is 6.33 Å². The summed E-state index contributed by atoms with van der Waals surface area (Å²) in [5, 5.41) is 9.04. The number of nitrogens with two attached hydrogens (primary N) is 1. The molecule has 19 heavy (non-hydrogen) atoms. The molecule has 0 saturated carbocycles. The molecule has 3 N–H and O–H groups in total. The Labute approximate surface area is 111 Å². The molecule has 1 unspecified atom stereocenters. The van der Waals surface area contributed by atoms with Gasteiger partial charge >= 0.3 is 0 Å². The standard InChI is InChI=1S/C10H13N5O2.C2H6/c11-9-8-10(13-4-12-9)15(5-14-8)7-2-1-6(3-16)17-7;1-2/h4-7,16H,1-3H2,(H2,11,12,13);1-2H3/t6?,7-;/m1./s1. The van der Waals surface area contributed by atoms with Gasteiger partial charge in [-0.2, -0.15) is 0 Å². The molecule has 2 aromatic rings. The van der Waals surface area contributed by atoms with Gasteiger partial charge in [0.15, 0.2) is 11.5 Å². The topological polar surface area (TPSA) is 99.1 Å². The van der Waals surface area contributed by atoms with Crippen molar-refractivity contribution in [2.75, 3.05) is 12.3 Å². The number of nitrogen functional groups attached to an aromatic ring is 1. The number of aliphatic hydroxyl groups excluding tert-OH is 1. The molecular weight excluding hydrogens is 246 g/mol. The van der Waals surface area contributed by atoms with Crippen molar-refractivity contribution in [2.24, 2.45) is 0 Å². The van der Waals surface area contributed by atoms with Crippen LogP contribution in [0.1, 0.15) is 32.9 Å². The van der Waals surface area contributed by atoms with E-state index in [0.717, 1.165) is 12.8 Å². The van der Waals surface area contributed by atoms with Gasteiger partial charge in [0.05, 0.1) is 19.0 Å². The van der Waals surface area contributed by atoms with E-state index in [1.54, 1.807) is 6.33 Å². The van der Waals surface area contributed by atoms with Crippen LogP contribution in [-0.4, -0.2) is 37.3 Å². The minimum atomic E-state index is -0.133. The molecule has 0 aromatic carbocycles. The summed E-state index contributed by atoms with van der Waals surface area (Å²) < 4.78 is 7.51. The third-order valence-corrected chi connectivity index (χ3v) is 2.99. The summed E-state index contributed by atoms with van der Waals surface area (Å²) in [4.78, 5) is 12.2. The lowest BCUT2D eigenvalue weighted by atomic mass is 10.2. The number of aromatic nitrogens is 4. The monoisotopic (exact) mass is 265 g/mol. The minimum Gasteiger partial charge on any atom is -0.394 e. The molecule has 1 fully saturated rings. The lowest BCUT2D eigenvalue weighted by Gasteiger charge is -2.13. The van der Waals surface area contributed by atoms with Gasteiger partial charge in [0.2, 0.25) is 0 Å². The average molecular weight is 265 g/mol. The summed E-state index contributed by atoms with van der Waals surface area (Å²) in [6, 6.07) is 0. The minimum absolute atomic E-state index is 0.0419. The zero-order valence-corrected chi connectivity index (χ0v) is 11.2. The second-order valence-corrected chi connectivity index (χ2v) is 4.06. The van der Waals surface area contributed by atoms with Crippen molar-refractivity contribution < 1.29 is 9.84 Å². The van der Waals surface area contributed by atoms with Crippen LogP contribution in [0, 0.1) is 0 Å². The number of fused-ring (bicyclic) bond motifs is 1. The molecule has 0 aliphatic carbocycles. The second-order valence-electron chi connectivity index (χ2n) is 4.06. The molecule has 1 saturated heterocycles. The van der Waals surface area contributed by atoms with E-state index in [-0.39, 0.29) is 18.9 Å². The number of rotatable bonds is 2. The van der Waals surface area contributed by atoms with Crippen molar-refractivity contribution in [3.63, 3.8) is 0 Å². The van der Waals surface area contributed by atoms with Gasteiger partial charge in [-0.3, -0.25) is 4.57 Å². The lowest BCUT2D eigenvalue weighted by Crippen LogP contribution is -2.14. The predicted molar refractivity (Wildman–Crippen MR) is 71.3 cm³/mol. The first-order valence-corrected chi connectivity index (χ1v) is 6.49. The lowest BCUT2D eigenvalue weighted by molar-refractivity contribution is -0.0207. The van der Waals surface area contributed by atoms with Crippen LogP contribution in [0.2, 0.25) is 0 Å². The maximum Gasteiger partial charge on any atom is 0.167 e. The van der Waals surface area contributed by atoms with Gasteiger partial charge in [-0.15, -0.1) is 0 Å². The molecule has 1 aliphatic rings. The Balaban J connectivity index is 0.000000637. The van der Waals surface area contributed by atoms with Crippen molar-refractivity contribution in [3.05, 3.63) is 12.7 Å². The van der Waals surface area contributed by atoms with Gasteiger partial charge in [-0.05, 0) is 12.8 Å². The van der Waals surface area contributed by atoms with Crippen molar-refractivity contribution in [2.45, 2.75) is 39.0 Å². The summed E-state index contributed by atoms with van der Waals surface area (Å²) in [5.41, 5.74) is 6.97. The molecule has 2 atom stereocenters. The normalized spacial score (nSPS) is 22.3. The number of anilines is 1. The summed E-state index contributed by atoms with van der Waals surface area (Å²) in [6.45, 7) is 4.04. The van der Waals surface area contributed by atoms with Crippen molar-refractivity contribution >= 4 is 17.0 Å². The SMILES string of the molecule is CC.Nc1ncnc2c1ncn2[C@H]1CCC(CO)O1. The van der Waals surface area contributed by atoms with Crippen LogP contribution in [0.3, 0.4) is 0 Å². The van der Waals surface area contributed by atoms with E-state index < -0.39 is 0 Å². The quantitative estimate of drug-likeness (QED) is 0.843. The first kappa shape index (κ1) is 13.7. The third-order valence-electron chi connectivity index (χ3n) is 2.99. The maximum atomic E-state index is 9.04. The zero-order valence-electron chi connectivity index (χ0n) is 11.2. The number of hydrogen-bond acceptors (Lipinski definition) is 6. The summed E-state index contributed by atoms with van der Waals surface area (Å²) in [6.07, 6.45) is 4.50. The van der Waals surface area contributed by atoms with E-state index in [4.69, 9.17) is 15.6 Å². The van der Waals surface area contributed by atoms with Gasteiger partial charge in [-0.1, -0.05) is 13.8 Å². The molecule has 3 heterocycles. The second kappa shape index (κ2) is 5.94. The predicted octanol–water partition coefficient (Wildman–Crippen LogP) is 1.10. The van der Waals surface area contributed by atoms with Crippen LogP contribution < -0.4 is 5.73 Å². The summed E-state index contributed by atoms with van der Waals surface area (Å²) in [5.74, 6) is 0.366.